The Morgan fingerprint density at radius 2 is 1.82 bits per heavy atom. The highest BCUT2D eigenvalue weighted by Gasteiger charge is 2.42. The van der Waals surface area contributed by atoms with Crippen LogP contribution in [0.3, 0.4) is 0 Å². The predicted molar refractivity (Wildman–Crippen MR) is 83.4 cm³/mol. The van der Waals surface area contributed by atoms with Crippen molar-refractivity contribution in [2.75, 3.05) is 26.2 Å². The molecule has 0 radical (unpaired) electrons. The molecule has 1 amide bonds. The summed E-state index contributed by atoms with van der Waals surface area (Å²) in [6.07, 6.45) is 3.10. The SMILES string of the molecule is O=C(N1CCN(Cc2cccc(O)c2)CC1)C1(O)CCCC1. The molecule has 2 fully saturated rings. The van der Waals surface area contributed by atoms with Crippen molar-refractivity contribution in [1.29, 1.82) is 0 Å². The number of piperazine rings is 1. The number of phenols is 1. The highest BCUT2D eigenvalue weighted by Crippen LogP contribution is 2.31. The number of aliphatic hydroxyl groups is 1. The lowest BCUT2D eigenvalue weighted by Crippen LogP contribution is -2.54. The van der Waals surface area contributed by atoms with Crippen LogP contribution in [-0.4, -0.2) is 57.7 Å². The summed E-state index contributed by atoms with van der Waals surface area (Å²) in [5.74, 6) is 0.205. The van der Waals surface area contributed by atoms with Crippen LogP contribution in [0.15, 0.2) is 24.3 Å². The molecule has 5 nitrogen and oxygen atoms in total. The van der Waals surface area contributed by atoms with Crippen LogP contribution < -0.4 is 0 Å². The van der Waals surface area contributed by atoms with Crippen molar-refractivity contribution >= 4 is 5.91 Å². The van der Waals surface area contributed by atoms with Gasteiger partial charge in [0.25, 0.3) is 5.91 Å². The van der Waals surface area contributed by atoms with E-state index in [4.69, 9.17) is 0 Å². The van der Waals surface area contributed by atoms with Gasteiger partial charge in [0.15, 0.2) is 0 Å². The number of carbonyl (C=O) groups excluding carboxylic acids is 1. The van der Waals surface area contributed by atoms with Gasteiger partial charge in [-0.1, -0.05) is 12.1 Å². The zero-order chi connectivity index (χ0) is 15.6. The highest BCUT2D eigenvalue weighted by atomic mass is 16.3. The summed E-state index contributed by atoms with van der Waals surface area (Å²) in [5.41, 5.74) is -0.0258. The van der Waals surface area contributed by atoms with E-state index in [0.717, 1.165) is 38.0 Å². The van der Waals surface area contributed by atoms with Gasteiger partial charge >= 0.3 is 0 Å². The van der Waals surface area contributed by atoms with Crippen LogP contribution in [0.2, 0.25) is 0 Å². The fraction of sp³-hybridized carbons (Fsp3) is 0.588. The molecule has 0 aromatic heterocycles. The number of nitrogens with zero attached hydrogens (tertiary/aromatic N) is 2. The fourth-order valence-corrected chi connectivity index (χ4v) is 3.49. The van der Waals surface area contributed by atoms with Crippen molar-refractivity contribution < 1.29 is 15.0 Å². The molecule has 0 spiro atoms. The molecule has 1 saturated heterocycles. The lowest BCUT2D eigenvalue weighted by atomic mass is 10.00. The van der Waals surface area contributed by atoms with Crippen LogP contribution in [-0.2, 0) is 11.3 Å². The highest BCUT2D eigenvalue weighted by molar-refractivity contribution is 5.85. The molecule has 0 atom stereocenters. The molecule has 2 aliphatic rings. The molecule has 1 aromatic rings. The first-order valence-corrected chi connectivity index (χ1v) is 8.09. The van der Waals surface area contributed by atoms with Gasteiger partial charge in [-0.25, -0.2) is 0 Å². The van der Waals surface area contributed by atoms with E-state index >= 15 is 0 Å². The number of carbonyl (C=O) groups is 1. The standard InChI is InChI=1S/C17H24N2O3/c20-15-5-3-4-14(12-15)13-18-8-10-19(11-9-18)16(21)17(22)6-1-2-7-17/h3-5,12,20,22H,1-2,6-11,13H2. The second kappa shape index (κ2) is 6.26. The zero-order valence-corrected chi connectivity index (χ0v) is 12.9. The third-order valence-electron chi connectivity index (χ3n) is 4.81. The number of hydrogen-bond donors (Lipinski definition) is 2. The third-order valence-corrected chi connectivity index (χ3v) is 4.81. The normalized spacial score (nSPS) is 22.0. The summed E-state index contributed by atoms with van der Waals surface area (Å²) < 4.78 is 0. The molecule has 3 rings (SSSR count). The molecular formula is C17H24N2O3. The van der Waals surface area contributed by atoms with Crippen LogP contribution >= 0.6 is 0 Å². The number of amides is 1. The van der Waals surface area contributed by atoms with Gasteiger partial charge in [-0.2, -0.15) is 0 Å². The first-order chi connectivity index (χ1) is 10.6. The molecule has 0 unspecified atom stereocenters. The minimum Gasteiger partial charge on any atom is -0.508 e. The Kier molecular flexibility index (Phi) is 4.36. The van der Waals surface area contributed by atoms with E-state index in [9.17, 15) is 15.0 Å². The Bertz CT molecular complexity index is 532. The smallest absolute Gasteiger partial charge is 0.254 e. The van der Waals surface area contributed by atoms with Gasteiger partial charge in [0.2, 0.25) is 0 Å². The molecule has 22 heavy (non-hydrogen) atoms. The number of phenolic OH excluding ortho intramolecular Hbond substituents is 1. The first-order valence-electron chi connectivity index (χ1n) is 8.09. The van der Waals surface area contributed by atoms with E-state index < -0.39 is 5.60 Å². The molecule has 1 heterocycles. The Hall–Kier alpha value is -1.59. The second-order valence-corrected chi connectivity index (χ2v) is 6.48. The molecule has 1 aromatic carbocycles. The Morgan fingerprint density at radius 3 is 2.45 bits per heavy atom. The Labute approximate surface area is 131 Å². The first kappa shape index (κ1) is 15.3. The van der Waals surface area contributed by atoms with Crippen LogP contribution in [0, 0.1) is 0 Å². The minimum absolute atomic E-state index is 0.0815. The third kappa shape index (κ3) is 3.25. The molecule has 0 bridgehead atoms. The molecule has 1 aliphatic heterocycles. The Balaban J connectivity index is 1.53. The average Bonchev–Trinajstić information content (AvgIpc) is 2.95. The number of hydrogen-bond acceptors (Lipinski definition) is 4. The van der Waals surface area contributed by atoms with Gasteiger partial charge in [0, 0.05) is 32.7 Å². The van der Waals surface area contributed by atoms with E-state index in [0.29, 0.717) is 25.9 Å². The van der Waals surface area contributed by atoms with Gasteiger partial charge in [0.1, 0.15) is 11.4 Å². The van der Waals surface area contributed by atoms with Crippen LogP contribution in [0.4, 0.5) is 0 Å². The summed E-state index contributed by atoms with van der Waals surface area (Å²) in [6.45, 7) is 3.72. The van der Waals surface area contributed by atoms with E-state index in [1.807, 2.05) is 17.0 Å². The molecule has 120 valence electrons. The predicted octanol–water partition coefficient (Wildman–Crippen LogP) is 1.34. The molecule has 1 saturated carbocycles. The maximum Gasteiger partial charge on any atom is 0.254 e. The summed E-state index contributed by atoms with van der Waals surface area (Å²) in [6, 6.07) is 7.29. The maximum absolute atomic E-state index is 12.5. The van der Waals surface area contributed by atoms with Crippen LogP contribution in [0.25, 0.3) is 0 Å². The number of aromatic hydroxyl groups is 1. The molecular weight excluding hydrogens is 280 g/mol. The molecule has 2 N–H and O–H groups in total. The van der Waals surface area contributed by atoms with Crippen molar-refractivity contribution in [1.82, 2.24) is 9.80 Å². The van der Waals surface area contributed by atoms with Crippen molar-refractivity contribution in [2.24, 2.45) is 0 Å². The van der Waals surface area contributed by atoms with Gasteiger partial charge in [0.05, 0.1) is 0 Å². The van der Waals surface area contributed by atoms with Gasteiger partial charge in [-0.15, -0.1) is 0 Å². The number of rotatable bonds is 3. The zero-order valence-electron chi connectivity index (χ0n) is 12.9. The average molecular weight is 304 g/mol. The van der Waals surface area contributed by atoms with E-state index in [-0.39, 0.29) is 11.7 Å². The minimum atomic E-state index is -1.10. The van der Waals surface area contributed by atoms with E-state index in [2.05, 4.69) is 4.90 Å². The number of benzene rings is 1. The summed E-state index contributed by atoms with van der Waals surface area (Å²) in [5, 5.41) is 19.9. The lowest BCUT2D eigenvalue weighted by molar-refractivity contribution is -0.152. The lowest BCUT2D eigenvalue weighted by Gasteiger charge is -2.38. The van der Waals surface area contributed by atoms with E-state index in [1.165, 1.54) is 0 Å². The van der Waals surface area contributed by atoms with Gasteiger partial charge in [-0.3, -0.25) is 9.69 Å². The van der Waals surface area contributed by atoms with Gasteiger partial charge < -0.3 is 15.1 Å². The van der Waals surface area contributed by atoms with Crippen LogP contribution in [0.5, 0.6) is 5.75 Å². The van der Waals surface area contributed by atoms with Crippen molar-refractivity contribution in [3.63, 3.8) is 0 Å². The second-order valence-electron chi connectivity index (χ2n) is 6.48. The van der Waals surface area contributed by atoms with Crippen LogP contribution in [0.1, 0.15) is 31.2 Å². The Morgan fingerprint density at radius 1 is 1.14 bits per heavy atom. The largest absolute Gasteiger partial charge is 0.508 e. The topological polar surface area (TPSA) is 64.0 Å². The summed E-state index contributed by atoms with van der Waals surface area (Å²) >= 11 is 0. The summed E-state index contributed by atoms with van der Waals surface area (Å²) in [4.78, 5) is 16.5. The summed E-state index contributed by atoms with van der Waals surface area (Å²) in [7, 11) is 0. The van der Waals surface area contributed by atoms with Crippen molar-refractivity contribution in [2.45, 2.75) is 37.8 Å². The molecule has 5 heteroatoms. The quantitative estimate of drug-likeness (QED) is 0.884. The van der Waals surface area contributed by atoms with Gasteiger partial charge in [-0.05, 0) is 43.4 Å². The van der Waals surface area contributed by atoms with E-state index in [1.54, 1.807) is 12.1 Å². The monoisotopic (exact) mass is 304 g/mol. The molecule has 1 aliphatic carbocycles. The fourth-order valence-electron chi connectivity index (χ4n) is 3.49. The van der Waals surface area contributed by atoms with Crippen molar-refractivity contribution in [3.05, 3.63) is 29.8 Å². The maximum atomic E-state index is 12.5. The van der Waals surface area contributed by atoms with Crippen molar-refractivity contribution in [3.8, 4) is 5.75 Å².